The molecular weight excluding hydrogens is 382 g/mol. The van der Waals surface area contributed by atoms with Gasteiger partial charge in [-0.05, 0) is 12.5 Å². The highest BCUT2D eigenvalue weighted by Gasteiger charge is 2.14. The van der Waals surface area contributed by atoms with Gasteiger partial charge in [0.1, 0.15) is 11.5 Å². The fourth-order valence-corrected chi connectivity index (χ4v) is 2.88. The van der Waals surface area contributed by atoms with Gasteiger partial charge in [-0.3, -0.25) is 19.5 Å². The van der Waals surface area contributed by atoms with E-state index in [9.17, 15) is 19.7 Å². The van der Waals surface area contributed by atoms with Crippen LogP contribution in [-0.2, 0) is 11.3 Å². The molecule has 152 valence electrons. The Labute approximate surface area is 164 Å². The molecule has 0 spiro atoms. The molecule has 2 aromatic carbocycles. The predicted octanol–water partition coefficient (Wildman–Crippen LogP) is 2.94. The molecule has 0 saturated carbocycles. The number of hydrogen-bond acceptors (Lipinski definition) is 7. The Bertz CT molecular complexity index is 1090. The first-order chi connectivity index (χ1) is 13.9. The first-order valence-electron chi connectivity index (χ1n) is 8.72. The summed E-state index contributed by atoms with van der Waals surface area (Å²) in [7, 11) is 3.03. The van der Waals surface area contributed by atoms with Gasteiger partial charge in [-0.1, -0.05) is 0 Å². The minimum atomic E-state index is -0.626. The van der Waals surface area contributed by atoms with Crippen molar-refractivity contribution < 1.29 is 23.6 Å². The average Bonchev–Trinajstić information content (AvgIpc) is 3.02. The van der Waals surface area contributed by atoms with Crippen LogP contribution >= 0.6 is 0 Å². The number of ether oxygens (including phenoxy) is 2. The van der Waals surface area contributed by atoms with Crippen molar-refractivity contribution in [1.82, 2.24) is 4.57 Å². The highest BCUT2D eigenvalue weighted by Crippen LogP contribution is 2.26. The van der Waals surface area contributed by atoms with Crippen LogP contribution in [0.4, 0.5) is 11.4 Å². The number of anilines is 1. The topological polar surface area (TPSA) is 126 Å². The monoisotopic (exact) mass is 401 g/mol. The molecule has 1 amide bonds. The zero-order valence-corrected chi connectivity index (χ0v) is 15.8. The number of fused-ring (bicyclic) bond motifs is 1. The lowest BCUT2D eigenvalue weighted by Crippen LogP contribution is -2.17. The molecule has 3 rings (SSSR count). The van der Waals surface area contributed by atoms with Crippen LogP contribution in [0.3, 0.4) is 0 Å². The summed E-state index contributed by atoms with van der Waals surface area (Å²) < 4.78 is 16.7. The molecule has 0 aliphatic heterocycles. The Kier molecular flexibility index (Phi) is 5.82. The fourth-order valence-electron chi connectivity index (χ4n) is 2.88. The maximum atomic E-state index is 12.2. The van der Waals surface area contributed by atoms with E-state index in [2.05, 4.69) is 5.32 Å². The second-order valence-electron chi connectivity index (χ2n) is 6.18. The number of oxazole rings is 1. The summed E-state index contributed by atoms with van der Waals surface area (Å²) in [5.74, 6) is 0.227. The number of methoxy groups -OCH3 is 2. The first-order valence-corrected chi connectivity index (χ1v) is 8.72. The normalized spacial score (nSPS) is 10.7. The maximum absolute atomic E-state index is 12.2. The van der Waals surface area contributed by atoms with E-state index in [-0.39, 0.29) is 30.1 Å². The number of rotatable bonds is 8. The zero-order chi connectivity index (χ0) is 21.0. The van der Waals surface area contributed by atoms with Crippen molar-refractivity contribution in [2.45, 2.75) is 19.4 Å². The van der Waals surface area contributed by atoms with Gasteiger partial charge in [0, 0.05) is 42.9 Å². The van der Waals surface area contributed by atoms with Crippen LogP contribution in [0.2, 0.25) is 0 Å². The number of benzene rings is 2. The molecule has 0 radical (unpaired) electrons. The van der Waals surface area contributed by atoms with Crippen molar-refractivity contribution in [3.05, 3.63) is 57.1 Å². The van der Waals surface area contributed by atoms with E-state index in [1.165, 1.54) is 37.0 Å². The number of nitrogens with one attached hydrogen (secondary N) is 1. The number of nitro benzene ring substituents is 1. The molecule has 1 aromatic heterocycles. The molecule has 10 nitrogen and oxygen atoms in total. The van der Waals surface area contributed by atoms with Crippen LogP contribution in [0.15, 0.2) is 45.6 Å². The second-order valence-corrected chi connectivity index (χ2v) is 6.18. The van der Waals surface area contributed by atoms with Crippen molar-refractivity contribution in [1.29, 1.82) is 0 Å². The van der Waals surface area contributed by atoms with Crippen LogP contribution in [0, 0.1) is 10.1 Å². The van der Waals surface area contributed by atoms with Gasteiger partial charge in [0.2, 0.25) is 5.91 Å². The third-order valence-corrected chi connectivity index (χ3v) is 4.28. The number of carbonyl (C=O) groups excluding carboxylic acids is 1. The van der Waals surface area contributed by atoms with E-state index in [1.54, 1.807) is 18.2 Å². The van der Waals surface area contributed by atoms with Gasteiger partial charge in [0.05, 0.1) is 30.7 Å². The summed E-state index contributed by atoms with van der Waals surface area (Å²) >= 11 is 0. The molecular formula is C19H19N3O7. The Morgan fingerprint density at radius 3 is 2.48 bits per heavy atom. The lowest BCUT2D eigenvalue weighted by Gasteiger charge is -2.10. The van der Waals surface area contributed by atoms with Gasteiger partial charge in [-0.25, -0.2) is 4.79 Å². The van der Waals surface area contributed by atoms with E-state index in [0.717, 1.165) is 0 Å². The minimum absolute atomic E-state index is 0.136. The van der Waals surface area contributed by atoms with Crippen molar-refractivity contribution in [3.8, 4) is 11.5 Å². The van der Waals surface area contributed by atoms with Gasteiger partial charge >= 0.3 is 5.76 Å². The van der Waals surface area contributed by atoms with Crippen molar-refractivity contribution >= 4 is 28.4 Å². The zero-order valence-electron chi connectivity index (χ0n) is 15.8. The van der Waals surface area contributed by atoms with E-state index in [1.807, 2.05) is 0 Å². The number of hydrogen-bond donors (Lipinski definition) is 1. The van der Waals surface area contributed by atoms with Crippen LogP contribution in [0.5, 0.6) is 11.5 Å². The quantitative estimate of drug-likeness (QED) is 0.454. The third-order valence-electron chi connectivity index (χ3n) is 4.28. The van der Waals surface area contributed by atoms with Gasteiger partial charge in [0.15, 0.2) is 5.58 Å². The Morgan fingerprint density at radius 2 is 1.86 bits per heavy atom. The lowest BCUT2D eigenvalue weighted by atomic mass is 10.2. The minimum Gasteiger partial charge on any atom is -0.497 e. The number of nitro groups is 1. The molecule has 0 aliphatic carbocycles. The third kappa shape index (κ3) is 4.54. The summed E-state index contributed by atoms with van der Waals surface area (Å²) in [6.07, 6.45) is 0.532. The molecule has 1 heterocycles. The number of carbonyl (C=O) groups is 1. The van der Waals surface area contributed by atoms with Crippen LogP contribution in [-0.4, -0.2) is 29.6 Å². The molecule has 0 bridgehead atoms. The van der Waals surface area contributed by atoms with E-state index in [4.69, 9.17) is 13.9 Å². The molecule has 0 unspecified atom stereocenters. The highest BCUT2D eigenvalue weighted by molar-refractivity contribution is 5.91. The number of aryl methyl sites for hydroxylation is 1. The average molecular weight is 401 g/mol. The number of amides is 1. The van der Waals surface area contributed by atoms with E-state index in [0.29, 0.717) is 29.1 Å². The first kappa shape index (κ1) is 19.9. The lowest BCUT2D eigenvalue weighted by molar-refractivity contribution is -0.384. The SMILES string of the molecule is COc1cc(NC(=O)CCCn2c(=O)oc3cc([N+](=O)[O-])ccc32)cc(OC)c1. The molecule has 10 heteroatoms. The molecule has 0 aliphatic rings. The molecule has 1 N–H and O–H groups in total. The Balaban J connectivity index is 1.64. The smallest absolute Gasteiger partial charge is 0.419 e. The Morgan fingerprint density at radius 1 is 1.17 bits per heavy atom. The van der Waals surface area contributed by atoms with Crippen molar-refractivity contribution in [3.63, 3.8) is 0 Å². The molecule has 3 aromatic rings. The predicted molar refractivity (Wildman–Crippen MR) is 105 cm³/mol. The van der Waals surface area contributed by atoms with Gasteiger partial charge in [-0.15, -0.1) is 0 Å². The van der Waals surface area contributed by atoms with E-state index >= 15 is 0 Å². The maximum Gasteiger partial charge on any atom is 0.419 e. The van der Waals surface area contributed by atoms with Gasteiger partial charge in [0.25, 0.3) is 5.69 Å². The summed E-state index contributed by atoms with van der Waals surface area (Å²) in [6.45, 7) is 0.235. The summed E-state index contributed by atoms with van der Waals surface area (Å²) in [5.41, 5.74) is 0.951. The highest BCUT2D eigenvalue weighted by atomic mass is 16.6. The summed E-state index contributed by atoms with van der Waals surface area (Å²) in [4.78, 5) is 34.5. The van der Waals surface area contributed by atoms with E-state index < -0.39 is 10.7 Å². The molecule has 0 saturated heterocycles. The van der Waals surface area contributed by atoms with Crippen molar-refractivity contribution in [2.24, 2.45) is 0 Å². The van der Waals surface area contributed by atoms with Crippen LogP contribution in [0.1, 0.15) is 12.8 Å². The van der Waals surface area contributed by atoms with Gasteiger partial charge < -0.3 is 19.2 Å². The Hall–Kier alpha value is -3.82. The summed E-state index contributed by atoms with van der Waals surface area (Å²) in [6, 6.07) is 8.99. The van der Waals surface area contributed by atoms with Crippen LogP contribution < -0.4 is 20.5 Å². The van der Waals surface area contributed by atoms with Crippen LogP contribution in [0.25, 0.3) is 11.1 Å². The fraction of sp³-hybridized carbons (Fsp3) is 0.263. The van der Waals surface area contributed by atoms with Crippen molar-refractivity contribution in [2.75, 3.05) is 19.5 Å². The standard InChI is InChI=1S/C19H19N3O7/c1-27-14-8-12(9-15(11-14)28-2)20-18(23)4-3-7-21-16-6-5-13(22(25)26)10-17(16)29-19(21)24/h5-6,8-11H,3-4,7H2,1-2H3,(H,20,23). The number of nitrogens with zero attached hydrogens (tertiary/aromatic N) is 2. The molecule has 0 fully saturated rings. The second kappa shape index (κ2) is 8.46. The molecule has 29 heavy (non-hydrogen) atoms. The summed E-state index contributed by atoms with van der Waals surface area (Å²) in [5, 5.41) is 13.6. The van der Waals surface area contributed by atoms with Gasteiger partial charge in [-0.2, -0.15) is 0 Å². The number of aromatic nitrogens is 1. The number of non-ortho nitro benzene ring substituents is 1. The largest absolute Gasteiger partial charge is 0.497 e. The molecule has 0 atom stereocenters.